The zero-order valence-electron chi connectivity index (χ0n) is 11.1. The Hall–Kier alpha value is -2.30. The summed E-state index contributed by atoms with van der Waals surface area (Å²) < 4.78 is 5.05. The molecule has 0 aliphatic carbocycles. The van der Waals surface area contributed by atoms with Crippen molar-refractivity contribution in [1.82, 2.24) is 5.32 Å². The highest BCUT2D eigenvalue weighted by Gasteiger charge is 2.07. The summed E-state index contributed by atoms with van der Waals surface area (Å²) in [6.45, 7) is 2.03. The quantitative estimate of drug-likeness (QED) is 0.759. The van der Waals surface area contributed by atoms with Crippen molar-refractivity contribution in [1.29, 1.82) is 0 Å². The standard InChI is InChI=1S/C14H18N2O3/c1-10(17)16-8-4-3-5-11-6-7-12(19-2)9-13(11)14(15)18/h3,5-7,9H,4,8H2,1-2H3,(H2,15,18)(H,16,17). The van der Waals surface area contributed by atoms with Gasteiger partial charge in [-0.2, -0.15) is 0 Å². The molecular formula is C14H18N2O3. The van der Waals surface area contributed by atoms with E-state index in [0.29, 0.717) is 24.3 Å². The van der Waals surface area contributed by atoms with Crippen LogP contribution in [0.25, 0.3) is 6.08 Å². The van der Waals surface area contributed by atoms with Crippen molar-refractivity contribution in [2.45, 2.75) is 13.3 Å². The smallest absolute Gasteiger partial charge is 0.249 e. The van der Waals surface area contributed by atoms with E-state index in [1.807, 2.05) is 6.08 Å². The van der Waals surface area contributed by atoms with Gasteiger partial charge in [0, 0.05) is 19.0 Å². The van der Waals surface area contributed by atoms with E-state index >= 15 is 0 Å². The summed E-state index contributed by atoms with van der Waals surface area (Å²) in [5.41, 5.74) is 6.47. The normalized spacial score (nSPS) is 10.4. The third-order valence-corrected chi connectivity index (χ3v) is 2.51. The van der Waals surface area contributed by atoms with Crippen molar-refractivity contribution < 1.29 is 14.3 Å². The molecule has 5 heteroatoms. The predicted molar refractivity (Wildman–Crippen MR) is 73.8 cm³/mol. The van der Waals surface area contributed by atoms with Crippen LogP contribution in [0.5, 0.6) is 5.75 Å². The molecule has 0 fully saturated rings. The van der Waals surface area contributed by atoms with E-state index in [-0.39, 0.29) is 5.91 Å². The maximum absolute atomic E-state index is 11.3. The summed E-state index contributed by atoms with van der Waals surface area (Å²) in [7, 11) is 1.53. The lowest BCUT2D eigenvalue weighted by atomic mass is 10.1. The fourth-order valence-corrected chi connectivity index (χ4v) is 1.56. The Kier molecular flexibility index (Phi) is 5.60. The fourth-order valence-electron chi connectivity index (χ4n) is 1.56. The molecule has 0 bridgehead atoms. The van der Waals surface area contributed by atoms with Crippen LogP contribution in [0, 0.1) is 0 Å². The van der Waals surface area contributed by atoms with Crippen LogP contribution >= 0.6 is 0 Å². The molecule has 0 saturated heterocycles. The zero-order valence-corrected chi connectivity index (χ0v) is 11.1. The molecule has 0 aromatic heterocycles. The number of carbonyl (C=O) groups excluding carboxylic acids is 2. The van der Waals surface area contributed by atoms with Crippen LogP contribution in [0.4, 0.5) is 0 Å². The molecule has 102 valence electrons. The maximum Gasteiger partial charge on any atom is 0.249 e. The Bertz CT molecular complexity index is 495. The molecule has 0 aliphatic rings. The average Bonchev–Trinajstić information content (AvgIpc) is 2.38. The lowest BCUT2D eigenvalue weighted by Crippen LogP contribution is -2.20. The Balaban J connectivity index is 2.74. The van der Waals surface area contributed by atoms with Crippen LogP contribution in [-0.2, 0) is 4.79 Å². The molecule has 3 N–H and O–H groups in total. The van der Waals surface area contributed by atoms with E-state index < -0.39 is 5.91 Å². The molecule has 0 spiro atoms. The van der Waals surface area contributed by atoms with Gasteiger partial charge in [0.15, 0.2) is 0 Å². The van der Waals surface area contributed by atoms with E-state index in [2.05, 4.69) is 5.32 Å². The molecule has 1 aromatic rings. The number of primary amides is 1. The van der Waals surface area contributed by atoms with E-state index in [1.165, 1.54) is 14.0 Å². The Morgan fingerprint density at radius 1 is 1.42 bits per heavy atom. The minimum absolute atomic E-state index is 0.0596. The van der Waals surface area contributed by atoms with Gasteiger partial charge in [0.25, 0.3) is 0 Å². The molecule has 0 saturated carbocycles. The number of nitrogens with one attached hydrogen (secondary N) is 1. The van der Waals surface area contributed by atoms with Crippen molar-refractivity contribution >= 4 is 17.9 Å². The molecule has 1 aromatic carbocycles. The van der Waals surface area contributed by atoms with Crippen LogP contribution in [-0.4, -0.2) is 25.5 Å². The Labute approximate surface area is 112 Å². The van der Waals surface area contributed by atoms with Gasteiger partial charge in [0.2, 0.25) is 11.8 Å². The number of ether oxygens (including phenoxy) is 1. The van der Waals surface area contributed by atoms with Gasteiger partial charge in [0.05, 0.1) is 7.11 Å². The van der Waals surface area contributed by atoms with Crippen LogP contribution in [0.1, 0.15) is 29.3 Å². The largest absolute Gasteiger partial charge is 0.497 e. The van der Waals surface area contributed by atoms with E-state index in [9.17, 15) is 9.59 Å². The Morgan fingerprint density at radius 2 is 2.16 bits per heavy atom. The van der Waals surface area contributed by atoms with Crippen LogP contribution in [0.2, 0.25) is 0 Å². The van der Waals surface area contributed by atoms with Crippen molar-refractivity contribution in [3.63, 3.8) is 0 Å². The van der Waals surface area contributed by atoms with Gasteiger partial charge in [-0.05, 0) is 24.1 Å². The highest BCUT2D eigenvalue weighted by molar-refractivity contribution is 5.97. The third-order valence-electron chi connectivity index (χ3n) is 2.51. The first kappa shape index (κ1) is 14.8. The molecule has 1 rings (SSSR count). The van der Waals surface area contributed by atoms with Crippen molar-refractivity contribution in [3.8, 4) is 5.75 Å². The zero-order chi connectivity index (χ0) is 14.3. The second-order valence-electron chi connectivity index (χ2n) is 3.99. The van der Waals surface area contributed by atoms with Gasteiger partial charge in [0.1, 0.15) is 5.75 Å². The van der Waals surface area contributed by atoms with Gasteiger partial charge in [-0.25, -0.2) is 0 Å². The molecule has 2 amide bonds. The number of amides is 2. The highest BCUT2D eigenvalue weighted by Crippen LogP contribution is 2.18. The van der Waals surface area contributed by atoms with Gasteiger partial charge < -0.3 is 15.8 Å². The number of nitrogens with two attached hydrogens (primary N) is 1. The lowest BCUT2D eigenvalue weighted by molar-refractivity contribution is -0.118. The highest BCUT2D eigenvalue weighted by atomic mass is 16.5. The molecular weight excluding hydrogens is 244 g/mol. The lowest BCUT2D eigenvalue weighted by Gasteiger charge is -2.05. The number of carbonyl (C=O) groups is 2. The molecule has 19 heavy (non-hydrogen) atoms. The third kappa shape index (κ3) is 4.83. The number of hydrogen-bond acceptors (Lipinski definition) is 3. The van der Waals surface area contributed by atoms with Crippen molar-refractivity contribution in [2.24, 2.45) is 5.73 Å². The summed E-state index contributed by atoms with van der Waals surface area (Å²) in [5.74, 6) is 0.0280. The van der Waals surface area contributed by atoms with Crippen LogP contribution in [0.3, 0.4) is 0 Å². The molecule has 0 unspecified atom stereocenters. The second-order valence-corrected chi connectivity index (χ2v) is 3.99. The molecule has 5 nitrogen and oxygen atoms in total. The molecule has 0 radical (unpaired) electrons. The number of benzene rings is 1. The van der Waals surface area contributed by atoms with Gasteiger partial charge in [-0.3, -0.25) is 9.59 Å². The van der Waals surface area contributed by atoms with Crippen molar-refractivity contribution in [2.75, 3.05) is 13.7 Å². The minimum atomic E-state index is -0.500. The SMILES string of the molecule is COc1ccc(C=CCCNC(C)=O)c(C(N)=O)c1. The number of hydrogen-bond donors (Lipinski definition) is 2. The predicted octanol–water partition coefficient (Wildman–Crippen LogP) is 1.33. The van der Waals surface area contributed by atoms with E-state index in [0.717, 1.165) is 5.56 Å². The average molecular weight is 262 g/mol. The van der Waals surface area contributed by atoms with Crippen LogP contribution in [0.15, 0.2) is 24.3 Å². The molecule has 0 atom stereocenters. The van der Waals surface area contributed by atoms with E-state index in [4.69, 9.17) is 10.5 Å². The summed E-state index contributed by atoms with van der Waals surface area (Å²) in [5, 5.41) is 2.69. The Morgan fingerprint density at radius 3 is 2.74 bits per heavy atom. The monoisotopic (exact) mass is 262 g/mol. The molecule has 0 heterocycles. The second kappa shape index (κ2) is 7.20. The van der Waals surface area contributed by atoms with Gasteiger partial charge >= 0.3 is 0 Å². The first-order valence-corrected chi connectivity index (χ1v) is 5.93. The molecule has 0 aliphatic heterocycles. The number of methoxy groups -OCH3 is 1. The summed E-state index contributed by atoms with van der Waals surface area (Å²) in [4.78, 5) is 22.0. The fraction of sp³-hybridized carbons (Fsp3) is 0.286. The van der Waals surface area contributed by atoms with Gasteiger partial charge in [-0.15, -0.1) is 0 Å². The summed E-state index contributed by atoms with van der Waals surface area (Å²) >= 11 is 0. The first-order valence-electron chi connectivity index (χ1n) is 5.93. The first-order chi connectivity index (χ1) is 9.04. The topological polar surface area (TPSA) is 81.4 Å². The van der Waals surface area contributed by atoms with E-state index in [1.54, 1.807) is 24.3 Å². The van der Waals surface area contributed by atoms with Crippen LogP contribution < -0.4 is 15.8 Å². The van der Waals surface area contributed by atoms with Crippen molar-refractivity contribution in [3.05, 3.63) is 35.4 Å². The maximum atomic E-state index is 11.3. The minimum Gasteiger partial charge on any atom is -0.497 e. The summed E-state index contributed by atoms with van der Waals surface area (Å²) in [6.07, 6.45) is 4.37. The van der Waals surface area contributed by atoms with Gasteiger partial charge in [-0.1, -0.05) is 18.2 Å². The summed E-state index contributed by atoms with van der Waals surface area (Å²) in [6, 6.07) is 5.14. The number of rotatable bonds is 6.